The summed E-state index contributed by atoms with van der Waals surface area (Å²) in [5, 5.41) is 1.12. The van der Waals surface area contributed by atoms with E-state index in [-0.39, 0.29) is 0 Å². The Kier molecular flexibility index (Phi) is 2.77. The highest BCUT2D eigenvalue weighted by molar-refractivity contribution is 9.09. The van der Waals surface area contributed by atoms with Gasteiger partial charge in [0.25, 0.3) is 0 Å². The van der Waals surface area contributed by atoms with Crippen molar-refractivity contribution in [3.05, 3.63) is 70.8 Å². The summed E-state index contributed by atoms with van der Waals surface area (Å²) in [6.07, 6.45) is 2.61. The van der Waals surface area contributed by atoms with Crippen molar-refractivity contribution in [1.82, 2.24) is 0 Å². The van der Waals surface area contributed by atoms with Crippen LogP contribution in [0.15, 0.2) is 48.5 Å². The highest BCUT2D eigenvalue weighted by Crippen LogP contribution is 2.56. The molecule has 96 valence electrons. The number of rotatable bonds is 2. The van der Waals surface area contributed by atoms with Crippen molar-refractivity contribution in [1.29, 1.82) is 0 Å². The molecule has 2 aromatic rings. The van der Waals surface area contributed by atoms with Gasteiger partial charge in [0.05, 0.1) is 0 Å². The van der Waals surface area contributed by atoms with Crippen LogP contribution in [0.5, 0.6) is 0 Å². The predicted octanol–water partition coefficient (Wildman–Crippen LogP) is 5.07. The highest BCUT2D eigenvalue weighted by Gasteiger charge is 2.42. The van der Waals surface area contributed by atoms with Crippen LogP contribution in [0.1, 0.15) is 46.9 Å². The van der Waals surface area contributed by atoms with Gasteiger partial charge in [-0.1, -0.05) is 64.5 Å². The normalized spacial score (nSPS) is 26.9. The van der Waals surface area contributed by atoms with Gasteiger partial charge in [-0.05, 0) is 41.0 Å². The zero-order valence-corrected chi connectivity index (χ0v) is 12.4. The summed E-state index contributed by atoms with van der Waals surface area (Å²) in [4.78, 5) is 0. The molecule has 0 amide bonds. The van der Waals surface area contributed by atoms with Gasteiger partial charge in [0.15, 0.2) is 0 Å². The Labute approximate surface area is 123 Å². The quantitative estimate of drug-likeness (QED) is 0.679. The zero-order valence-electron chi connectivity index (χ0n) is 10.9. The average molecular weight is 313 g/mol. The van der Waals surface area contributed by atoms with Crippen LogP contribution in [0, 0.1) is 5.92 Å². The number of hydrogen-bond acceptors (Lipinski definition) is 0. The van der Waals surface area contributed by atoms with Crippen LogP contribution >= 0.6 is 15.9 Å². The van der Waals surface area contributed by atoms with Crippen LogP contribution in [0.4, 0.5) is 0 Å². The third kappa shape index (κ3) is 1.64. The van der Waals surface area contributed by atoms with Crippen molar-refractivity contribution in [2.75, 3.05) is 5.33 Å². The van der Waals surface area contributed by atoms with Crippen molar-refractivity contribution in [2.45, 2.75) is 24.7 Å². The average Bonchev–Trinajstić information content (AvgIpc) is 2.48. The Morgan fingerprint density at radius 3 is 1.89 bits per heavy atom. The Bertz CT molecular complexity index is 569. The first kappa shape index (κ1) is 11.7. The SMILES string of the molecule is BrCCC1CC2c3ccccc3C1c1ccccc12. The summed E-state index contributed by atoms with van der Waals surface area (Å²) in [5.41, 5.74) is 6.33. The summed E-state index contributed by atoms with van der Waals surface area (Å²) in [6.45, 7) is 0. The van der Waals surface area contributed by atoms with Gasteiger partial charge in [-0.3, -0.25) is 0 Å². The van der Waals surface area contributed by atoms with Crippen LogP contribution < -0.4 is 0 Å². The Morgan fingerprint density at radius 1 is 0.842 bits per heavy atom. The second-order valence-corrected chi connectivity index (χ2v) is 6.55. The van der Waals surface area contributed by atoms with E-state index in [1.165, 1.54) is 12.8 Å². The van der Waals surface area contributed by atoms with Crippen molar-refractivity contribution in [3.63, 3.8) is 0 Å². The second-order valence-electron chi connectivity index (χ2n) is 5.76. The number of benzene rings is 2. The summed E-state index contributed by atoms with van der Waals surface area (Å²) in [6, 6.07) is 18.2. The Balaban J connectivity index is 1.93. The van der Waals surface area contributed by atoms with Crippen molar-refractivity contribution in [2.24, 2.45) is 5.92 Å². The number of alkyl halides is 1. The van der Waals surface area contributed by atoms with Gasteiger partial charge in [-0.25, -0.2) is 0 Å². The molecular weight excluding hydrogens is 296 g/mol. The van der Waals surface area contributed by atoms with Gasteiger partial charge in [0, 0.05) is 17.2 Å². The summed E-state index contributed by atoms with van der Waals surface area (Å²) < 4.78 is 0. The number of hydrogen-bond donors (Lipinski definition) is 0. The van der Waals surface area contributed by atoms with Crippen LogP contribution in [0.2, 0.25) is 0 Å². The molecule has 0 saturated carbocycles. The lowest BCUT2D eigenvalue weighted by atomic mass is 9.58. The minimum Gasteiger partial charge on any atom is -0.0928 e. The van der Waals surface area contributed by atoms with Crippen molar-refractivity contribution < 1.29 is 0 Å². The predicted molar refractivity (Wildman–Crippen MR) is 83.1 cm³/mol. The lowest BCUT2D eigenvalue weighted by Crippen LogP contribution is -2.32. The molecule has 3 aliphatic carbocycles. The maximum atomic E-state index is 3.64. The minimum absolute atomic E-state index is 0.620. The molecule has 0 aliphatic heterocycles. The van der Waals surface area contributed by atoms with Gasteiger partial charge in [-0.2, -0.15) is 0 Å². The van der Waals surface area contributed by atoms with Crippen LogP contribution in [0.25, 0.3) is 0 Å². The topological polar surface area (TPSA) is 0 Å². The first-order valence-electron chi connectivity index (χ1n) is 7.13. The van der Waals surface area contributed by atoms with Gasteiger partial charge in [-0.15, -0.1) is 0 Å². The monoisotopic (exact) mass is 312 g/mol. The molecule has 19 heavy (non-hydrogen) atoms. The molecule has 0 radical (unpaired) electrons. The van der Waals surface area contributed by atoms with E-state index < -0.39 is 0 Å². The zero-order chi connectivity index (χ0) is 12.8. The summed E-state index contributed by atoms with van der Waals surface area (Å²) >= 11 is 3.64. The van der Waals surface area contributed by atoms with Crippen molar-refractivity contribution >= 4 is 15.9 Å². The fourth-order valence-corrected chi connectivity index (χ4v) is 4.77. The summed E-state index contributed by atoms with van der Waals surface area (Å²) in [5.74, 6) is 2.05. The van der Waals surface area contributed by atoms with E-state index in [4.69, 9.17) is 0 Å². The number of halogens is 1. The first-order chi connectivity index (χ1) is 9.40. The smallest absolute Gasteiger partial charge is 0.0124 e. The second kappa shape index (κ2) is 4.49. The van der Waals surface area contributed by atoms with E-state index in [0.29, 0.717) is 11.8 Å². The molecule has 0 nitrogen and oxygen atoms in total. The molecule has 2 bridgehead atoms. The molecule has 1 atom stereocenters. The standard InChI is InChI=1S/C18H17Br/c19-10-9-12-11-17-13-5-1-3-7-15(13)18(12)16-8-4-2-6-14(16)17/h1-8,12,17-18H,9-11H2. The first-order valence-corrected chi connectivity index (χ1v) is 8.26. The van der Waals surface area contributed by atoms with Crippen LogP contribution in [-0.2, 0) is 0 Å². The summed E-state index contributed by atoms with van der Waals surface area (Å²) in [7, 11) is 0. The van der Waals surface area contributed by atoms with E-state index in [0.717, 1.165) is 11.2 Å². The van der Waals surface area contributed by atoms with E-state index in [1.807, 2.05) is 0 Å². The molecule has 1 unspecified atom stereocenters. The Morgan fingerprint density at radius 2 is 1.37 bits per heavy atom. The molecular formula is C18H17Br. The van der Waals surface area contributed by atoms with E-state index in [1.54, 1.807) is 22.3 Å². The lowest BCUT2D eigenvalue weighted by molar-refractivity contribution is 0.350. The minimum atomic E-state index is 0.620. The molecule has 0 aromatic heterocycles. The van der Waals surface area contributed by atoms with Gasteiger partial charge < -0.3 is 0 Å². The molecule has 0 fully saturated rings. The van der Waals surface area contributed by atoms with Gasteiger partial charge in [0.1, 0.15) is 0 Å². The Hall–Kier alpha value is -1.08. The van der Waals surface area contributed by atoms with E-state index in [2.05, 4.69) is 64.5 Å². The van der Waals surface area contributed by atoms with Crippen molar-refractivity contribution in [3.8, 4) is 0 Å². The molecule has 0 N–H and O–H groups in total. The fourth-order valence-electron chi connectivity index (χ4n) is 4.18. The van der Waals surface area contributed by atoms with Gasteiger partial charge in [0.2, 0.25) is 0 Å². The van der Waals surface area contributed by atoms with Gasteiger partial charge >= 0.3 is 0 Å². The van der Waals surface area contributed by atoms with E-state index >= 15 is 0 Å². The third-order valence-corrected chi connectivity index (χ3v) is 5.36. The highest BCUT2D eigenvalue weighted by atomic mass is 79.9. The van der Waals surface area contributed by atoms with Crippen LogP contribution in [-0.4, -0.2) is 5.33 Å². The molecule has 0 heterocycles. The maximum Gasteiger partial charge on any atom is 0.0124 e. The van der Waals surface area contributed by atoms with Crippen LogP contribution in [0.3, 0.4) is 0 Å². The molecule has 3 aliphatic rings. The molecule has 2 aromatic carbocycles. The maximum absolute atomic E-state index is 3.64. The van der Waals surface area contributed by atoms with E-state index in [9.17, 15) is 0 Å². The molecule has 0 spiro atoms. The fraction of sp³-hybridized carbons (Fsp3) is 0.333. The number of fused-ring (bicyclic) bond motifs is 1. The molecule has 0 saturated heterocycles. The lowest BCUT2D eigenvalue weighted by Gasteiger charge is -2.45. The molecule has 5 rings (SSSR count). The largest absolute Gasteiger partial charge is 0.0928 e. The molecule has 1 heteroatoms. The third-order valence-electron chi connectivity index (χ3n) is 4.90.